The van der Waals surface area contributed by atoms with Gasteiger partial charge >= 0.3 is 5.51 Å². The first kappa shape index (κ1) is 26.9. The second-order valence-corrected chi connectivity index (χ2v) is 8.23. The highest BCUT2D eigenvalue weighted by molar-refractivity contribution is 7.86. The average Bonchev–Trinajstić information content (AvgIpc) is 2.61. The Balaban J connectivity index is 0.000000769. The Hall–Kier alpha value is -1.15. The molecule has 0 aliphatic heterocycles. The summed E-state index contributed by atoms with van der Waals surface area (Å²) in [4.78, 5) is 0. The van der Waals surface area contributed by atoms with Crippen LogP contribution in [-0.2, 0) is 23.1 Å². The number of hydrogen-bond donors (Lipinski definition) is 0. The van der Waals surface area contributed by atoms with E-state index in [0.717, 1.165) is 0 Å². The summed E-state index contributed by atoms with van der Waals surface area (Å²) < 4.78 is 61.4. The van der Waals surface area contributed by atoms with E-state index in [0.29, 0.717) is 0 Å². The highest BCUT2D eigenvalue weighted by atomic mass is 32.2. The van der Waals surface area contributed by atoms with Crippen molar-refractivity contribution < 1.29 is 30.7 Å². The van der Waals surface area contributed by atoms with Gasteiger partial charge in [-0.3, -0.25) is 0 Å². The summed E-state index contributed by atoms with van der Waals surface area (Å²) in [6.45, 7) is 5.75. The number of pyridine rings is 1. The van der Waals surface area contributed by atoms with Crippen LogP contribution in [0.15, 0.2) is 24.4 Å². The van der Waals surface area contributed by atoms with Crippen molar-refractivity contribution >= 4 is 10.1 Å². The van der Waals surface area contributed by atoms with Gasteiger partial charge in [0.15, 0.2) is 22.0 Å². The van der Waals surface area contributed by atoms with Gasteiger partial charge in [0, 0.05) is 25.0 Å². The first-order valence-electron chi connectivity index (χ1n) is 10.1. The molecule has 1 rings (SSSR count). The molecular formula is C20H34F3NO3S. The number of aryl methyl sites for hydroxylation is 2. The van der Waals surface area contributed by atoms with Gasteiger partial charge < -0.3 is 4.55 Å². The fraction of sp³-hybridized carbons (Fsp3) is 0.750. The van der Waals surface area contributed by atoms with Crippen LogP contribution in [0, 0.1) is 0 Å². The smallest absolute Gasteiger partial charge is 0.485 e. The molecule has 0 radical (unpaired) electrons. The summed E-state index contributed by atoms with van der Waals surface area (Å²) in [6.07, 6.45) is 17.4. The monoisotopic (exact) mass is 425 g/mol. The van der Waals surface area contributed by atoms with Gasteiger partial charge in [-0.1, -0.05) is 64.9 Å². The van der Waals surface area contributed by atoms with Gasteiger partial charge in [0.2, 0.25) is 0 Å². The van der Waals surface area contributed by atoms with Crippen molar-refractivity contribution in [2.45, 2.75) is 96.5 Å². The standard InChI is InChI=1S/C19H34N.CHF3O3S/c1-3-5-6-7-8-9-10-11-13-17-20-18-14-12-16-19(20)15-4-2;2-1(3,4)8(5,6)7/h12,14,16,18H,3-11,13,15,17H2,1-2H3;(H,5,6,7)/q+1;/p-1. The van der Waals surface area contributed by atoms with E-state index >= 15 is 0 Å². The molecule has 0 fully saturated rings. The molecule has 1 heterocycles. The van der Waals surface area contributed by atoms with Gasteiger partial charge in [0.25, 0.3) is 0 Å². The number of aromatic nitrogens is 1. The van der Waals surface area contributed by atoms with Gasteiger partial charge in [-0.15, -0.1) is 0 Å². The molecule has 8 heteroatoms. The normalized spacial score (nSPS) is 11.8. The number of alkyl halides is 3. The molecule has 0 bridgehead atoms. The number of halogens is 3. The van der Waals surface area contributed by atoms with Crippen LogP contribution in [0.1, 0.15) is 83.7 Å². The van der Waals surface area contributed by atoms with Crippen molar-refractivity contribution in [1.29, 1.82) is 0 Å². The van der Waals surface area contributed by atoms with E-state index in [1.165, 1.54) is 82.9 Å². The molecule has 0 aliphatic rings. The van der Waals surface area contributed by atoms with Crippen molar-refractivity contribution in [3.05, 3.63) is 30.1 Å². The predicted octanol–water partition coefficient (Wildman–Crippen LogP) is 5.51. The zero-order chi connectivity index (χ0) is 21.5. The molecular weight excluding hydrogens is 391 g/mol. The fourth-order valence-corrected chi connectivity index (χ4v) is 2.81. The van der Waals surface area contributed by atoms with Crippen LogP contribution in [0.25, 0.3) is 0 Å². The van der Waals surface area contributed by atoms with Crippen LogP contribution in [0.2, 0.25) is 0 Å². The SMILES string of the molecule is CCCCCCCCCCC[n+]1ccccc1CCC.O=S(=O)([O-])C(F)(F)F. The maximum absolute atomic E-state index is 10.7. The Kier molecular flexibility index (Phi) is 14.2. The third-order valence-corrected chi connectivity index (χ3v) is 4.89. The minimum atomic E-state index is -6.09. The van der Waals surface area contributed by atoms with Gasteiger partial charge in [0.1, 0.15) is 6.54 Å². The lowest BCUT2D eigenvalue weighted by Crippen LogP contribution is -2.37. The van der Waals surface area contributed by atoms with E-state index in [9.17, 15) is 13.2 Å². The molecule has 4 nitrogen and oxygen atoms in total. The molecule has 0 N–H and O–H groups in total. The van der Waals surface area contributed by atoms with Gasteiger partial charge in [-0.2, -0.15) is 13.2 Å². The molecule has 164 valence electrons. The van der Waals surface area contributed by atoms with Crippen LogP contribution >= 0.6 is 0 Å². The van der Waals surface area contributed by atoms with E-state index < -0.39 is 15.6 Å². The Morgan fingerprint density at radius 3 is 1.86 bits per heavy atom. The first-order valence-corrected chi connectivity index (χ1v) is 11.5. The summed E-state index contributed by atoms with van der Waals surface area (Å²) in [5.74, 6) is 0. The Morgan fingerprint density at radius 2 is 1.39 bits per heavy atom. The molecule has 0 spiro atoms. The molecule has 0 unspecified atom stereocenters. The highest BCUT2D eigenvalue weighted by Gasteiger charge is 2.36. The summed E-state index contributed by atoms with van der Waals surface area (Å²) in [5, 5.41) is 0. The molecule has 0 aliphatic carbocycles. The lowest BCUT2D eigenvalue weighted by molar-refractivity contribution is -0.704. The molecule has 0 amide bonds. The topological polar surface area (TPSA) is 61.1 Å². The average molecular weight is 426 g/mol. The first-order chi connectivity index (χ1) is 13.1. The van der Waals surface area contributed by atoms with E-state index in [4.69, 9.17) is 13.0 Å². The van der Waals surface area contributed by atoms with E-state index in [1.54, 1.807) is 0 Å². The lowest BCUT2D eigenvalue weighted by Gasteiger charge is -2.08. The Bertz CT molecular complexity index is 619. The van der Waals surface area contributed by atoms with Crippen molar-refractivity contribution in [3.63, 3.8) is 0 Å². The lowest BCUT2D eigenvalue weighted by atomic mass is 10.1. The van der Waals surface area contributed by atoms with E-state index in [-0.39, 0.29) is 0 Å². The predicted molar refractivity (Wildman–Crippen MR) is 104 cm³/mol. The summed E-state index contributed by atoms with van der Waals surface area (Å²) >= 11 is 0. The van der Waals surface area contributed by atoms with Crippen molar-refractivity contribution in [1.82, 2.24) is 0 Å². The molecule has 28 heavy (non-hydrogen) atoms. The van der Waals surface area contributed by atoms with Gasteiger partial charge in [-0.25, -0.2) is 13.0 Å². The summed E-state index contributed by atoms with van der Waals surface area (Å²) in [5.41, 5.74) is -4.15. The van der Waals surface area contributed by atoms with Gasteiger partial charge in [0.05, 0.1) is 0 Å². The van der Waals surface area contributed by atoms with Crippen LogP contribution in [0.4, 0.5) is 13.2 Å². The van der Waals surface area contributed by atoms with Crippen molar-refractivity contribution in [3.8, 4) is 0 Å². The minimum absolute atomic E-state index is 1.20. The zero-order valence-corrected chi connectivity index (χ0v) is 17.8. The quantitative estimate of drug-likeness (QED) is 0.192. The number of hydrogen-bond acceptors (Lipinski definition) is 3. The number of unbranched alkanes of at least 4 members (excludes halogenated alkanes) is 8. The molecule has 0 saturated carbocycles. The highest BCUT2D eigenvalue weighted by Crippen LogP contribution is 2.20. The third kappa shape index (κ3) is 13.1. The largest absolute Gasteiger partial charge is 0.741 e. The molecule has 1 aromatic heterocycles. The van der Waals surface area contributed by atoms with Crippen LogP contribution in [0.3, 0.4) is 0 Å². The van der Waals surface area contributed by atoms with E-state index in [2.05, 4.69) is 42.8 Å². The second-order valence-electron chi connectivity index (χ2n) is 6.86. The molecule has 0 aromatic carbocycles. The zero-order valence-electron chi connectivity index (χ0n) is 17.0. The molecule has 0 saturated heterocycles. The van der Waals surface area contributed by atoms with E-state index in [1.807, 2.05) is 0 Å². The van der Waals surface area contributed by atoms with Crippen LogP contribution in [-0.4, -0.2) is 18.5 Å². The Labute approximate surface area is 167 Å². The second kappa shape index (κ2) is 14.8. The third-order valence-electron chi connectivity index (χ3n) is 4.33. The number of nitrogens with zero attached hydrogens (tertiary/aromatic N) is 1. The van der Waals surface area contributed by atoms with Crippen molar-refractivity contribution in [2.24, 2.45) is 0 Å². The molecule has 1 aromatic rings. The fourth-order valence-electron chi connectivity index (χ4n) is 2.81. The summed E-state index contributed by atoms with van der Waals surface area (Å²) in [7, 11) is -6.09. The maximum Gasteiger partial charge on any atom is 0.485 e. The number of rotatable bonds is 12. The molecule has 0 atom stereocenters. The maximum atomic E-state index is 10.7. The van der Waals surface area contributed by atoms with Crippen LogP contribution in [0.5, 0.6) is 0 Å². The van der Waals surface area contributed by atoms with Crippen LogP contribution < -0.4 is 4.57 Å². The van der Waals surface area contributed by atoms with Crippen molar-refractivity contribution in [2.75, 3.05) is 0 Å². The Morgan fingerprint density at radius 1 is 0.893 bits per heavy atom. The van der Waals surface area contributed by atoms with Gasteiger partial charge in [-0.05, 0) is 12.8 Å². The summed E-state index contributed by atoms with van der Waals surface area (Å²) in [6, 6.07) is 6.60. The minimum Gasteiger partial charge on any atom is -0.741 e.